The number of piperidine rings is 1. The summed E-state index contributed by atoms with van der Waals surface area (Å²) in [5.74, 6) is 0.593. The minimum atomic E-state index is 0.593. The highest BCUT2D eigenvalue weighted by molar-refractivity contribution is 5.68. The monoisotopic (exact) mass is 313 g/mol. The molecule has 1 saturated heterocycles. The Labute approximate surface area is 144 Å². The fourth-order valence-corrected chi connectivity index (χ4v) is 3.84. The summed E-state index contributed by atoms with van der Waals surface area (Å²) in [6.07, 6.45) is 2.52. The Kier molecular flexibility index (Phi) is 4.33. The minimum Gasteiger partial charge on any atom is -0.371 e. The average molecular weight is 313 g/mol. The largest absolute Gasteiger partial charge is 0.371 e. The van der Waals surface area contributed by atoms with Crippen LogP contribution in [0.5, 0.6) is 0 Å². The fourth-order valence-electron chi connectivity index (χ4n) is 3.84. The summed E-state index contributed by atoms with van der Waals surface area (Å²) in [4.78, 5) is 2.54. The summed E-state index contributed by atoms with van der Waals surface area (Å²) in [5, 5.41) is 0. The smallest absolute Gasteiger partial charge is 0.0366 e. The lowest BCUT2D eigenvalue weighted by molar-refractivity contribution is 0.511. The SMILES string of the molecule is c1ccc(-c2ccccc2C2CCCN(c3ccccc3)C2)cc1. The van der Waals surface area contributed by atoms with E-state index >= 15 is 0 Å². The number of benzene rings is 3. The van der Waals surface area contributed by atoms with Gasteiger partial charge in [0.25, 0.3) is 0 Å². The van der Waals surface area contributed by atoms with E-state index in [0.29, 0.717) is 5.92 Å². The molecular formula is C23H23N. The topological polar surface area (TPSA) is 3.24 Å². The lowest BCUT2D eigenvalue weighted by Crippen LogP contribution is -2.34. The predicted molar refractivity (Wildman–Crippen MR) is 103 cm³/mol. The van der Waals surface area contributed by atoms with E-state index in [4.69, 9.17) is 0 Å². The summed E-state index contributed by atoms with van der Waals surface area (Å²) >= 11 is 0. The van der Waals surface area contributed by atoms with Gasteiger partial charge in [-0.15, -0.1) is 0 Å². The number of anilines is 1. The number of rotatable bonds is 3. The maximum atomic E-state index is 2.54. The molecule has 1 nitrogen and oxygen atoms in total. The van der Waals surface area contributed by atoms with E-state index in [1.165, 1.54) is 35.2 Å². The molecule has 0 spiro atoms. The van der Waals surface area contributed by atoms with Crippen molar-refractivity contribution in [2.24, 2.45) is 0 Å². The van der Waals surface area contributed by atoms with Crippen LogP contribution in [-0.4, -0.2) is 13.1 Å². The zero-order chi connectivity index (χ0) is 16.2. The van der Waals surface area contributed by atoms with Crippen LogP contribution in [0.2, 0.25) is 0 Å². The number of hydrogen-bond acceptors (Lipinski definition) is 1. The van der Waals surface area contributed by atoms with Crippen molar-refractivity contribution in [3.05, 3.63) is 90.5 Å². The molecule has 1 heteroatoms. The zero-order valence-corrected chi connectivity index (χ0v) is 13.9. The molecule has 1 atom stereocenters. The van der Waals surface area contributed by atoms with E-state index < -0.39 is 0 Å². The second-order valence-electron chi connectivity index (χ2n) is 6.57. The quantitative estimate of drug-likeness (QED) is 0.596. The molecule has 24 heavy (non-hydrogen) atoms. The first-order chi connectivity index (χ1) is 11.9. The van der Waals surface area contributed by atoms with Gasteiger partial charge in [-0.2, -0.15) is 0 Å². The highest BCUT2D eigenvalue weighted by Crippen LogP contribution is 2.35. The molecule has 3 aromatic rings. The van der Waals surface area contributed by atoms with Crippen molar-refractivity contribution in [2.45, 2.75) is 18.8 Å². The van der Waals surface area contributed by atoms with Gasteiger partial charge in [0.1, 0.15) is 0 Å². The van der Waals surface area contributed by atoms with E-state index in [9.17, 15) is 0 Å². The van der Waals surface area contributed by atoms with Crippen LogP contribution in [0.25, 0.3) is 11.1 Å². The summed E-state index contributed by atoms with van der Waals surface area (Å²) in [7, 11) is 0. The number of nitrogens with zero attached hydrogens (tertiary/aromatic N) is 1. The van der Waals surface area contributed by atoms with Gasteiger partial charge in [0.05, 0.1) is 0 Å². The summed E-state index contributed by atoms with van der Waals surface area (Å²) in [6.45, 7) is 2.27. The van der Waals surface area contributed by atoms with Crippen molar-refractivity contribution in [2.75, 3.05) is 18.0 Å². The molecular weight excluding hydrogens is 290 g/mol. The lowest BCUT2D eigenvalue weighted by Gasteiger charge is -2.35. The van der Waals surface area contributed by atoms with Crippen molar-refractivity contribution in [3.8, 4) is 11.1 Å². The van der Waals surface area contributed by atoms with E-state index in [-0.39, 0.29) is 0 Å². The Hall–Kier alpha value is -2.54. The second-order valence-corrected chi connectivity index (χ2v) is 6.57. The van der Waals surface area contributed by atoms with Crippen LogP contribution < -0.4 is 4.90 Å². The molecule has 0 aliphatic carbocycles. The molecule has 1 fully saturated rings. The standard InChI is InChI=1S/C23H23N/c1-3-10-19(11-4-1)22-15-7-8-16-23(22)20-12-9-17-24(18-20)21-13-5-2-6-14-21/h1-8,10-11,13-16,20H,9,12,17-18H2. The van der Waals surface area contributed by atoms with Gasteiger partial charge >= 0.3 is 0 Å². The van der Waals surface area contributed by atoms with Crippen molar-refractivity contribution in [1.29, 1.82) is 0 Å². The third kappa shape index (κ3) is 3.07. The molecule has 4 rings (SSSR count). The molecule has 1 unspecified atom stereocenters. The fraction of sp³-hybridized carbons (Fsp3) is 0.217. The zero-order valence-electron chi connectivity index (χ0n) is 13.9. The van der Waals surface area contributed by atoms with Gasteiger partial charge < -0.3 is 4.90 Å². The molecule has 0 aromatic heterocycles. The van der Waals surface area contributed by atoms with Crippen LogP contribution in [0.3, 0.4) is 0 Å². The first-order valence-electron chi connectivity index (χ1n) is 8.86. The number of hydrogen-bond donors (Lipinski definition) is 0. The van der Waals surface area contributed by atoms with Crippen LogP contribution in [0.4, 0.5) is 5.69 Å². The molecule has 0 bridgehead atoms. The van der Waals surface area contributed by atoms with Crippen LogP contribution >= 0.6 is 0 Å². The predicted octanol–water partition coefficient (Wildman–Crippen LogP) is 5.74. The molecule has 3 aromatic carbocycles. The van der Waals surface area contributed by atoms with Crippen molar-refractivity contribution in [3.63, 3.8) is 0 Å². The summed E-state index contributed by atoms with van der Waals surface area (Å²) in [5.41, 5.74) is 5.55. The third-order valence-electron chi connectivity index (χ3n) is 5.03. The minimum absolute atomic E-state index is 0.593. The molecule has 120 valence electrons. The maximum Gasteiger partial charge on any atom is 0.0366 e. The Morgan fingerprint density at radius 3 is 2.17 bits per heavy atom. The molecule has 1 aliphatic rings. The first-order valence-corrected chi connectivity index (χ1v) is 8.86. The Morgan fingerprint density at radius 2 is 1.38 bits per heavy atom. The highest BCUT2D eigenvalue weighted by atomic mass is 15.1. The lowest BCUT2D eigenvalue weighted by atomic mass is 9.85. The summed E-state index contributed by atoms with van der Waals surface area (Å²) < 4.78 is 0. The van der Waals surface area contributed by atoms with Crippen LogP contribution in [0, 0.1) is 0 Å². The molecule has 0 N–H and O–H groups in total. The normalized spacial score (nSPS) is 17.7. The van der Waals surface area contributed by atoms with E-state index in [2.05, 4.69) is 89.8 Å². The average Bonchev–Trinajstić information content (AvgIpc) is 2.69. The van der Waals surface area contributed by atoms with Gasteiger partial charge in [-0.25, -0.2) is 0 Å². The van der Waals surface area contributed by atoms with Gasteiger partial charge in [-0.05, 0) is 41.7 Å². The van der Waals surface area contributed by atoms with Gasteiger partial charge in [-0.1, -0.05) is 72.8 Å². The van der Waals surface area contributed by atoms with Crippen LogP contribution in [0.1, 0.15) is 24.3 Å². The Bertz CT molecular complexity index is 779. The first kappa shape index (κ1) is 15.0. The summed E-state index contributed by atoms with van der Waals surface area (Å²) in [6, 6.07) is 30.5. The molecule has 0 radical (unpaired) electrons. The molecule has 1 heterocycles. The van der Waals surface area contributed by atoms with Crippen molar-refractivity contribution < 1.29 is 0 Å². The molecule has 1 aliphatic heterocycles. The van der Waals surface area contributed by atoms with Gasteiger partial charge in [0, 0.05) is 24.7 Å². The van der Waals surface area contributed by atoms with Gasteiger partial charge in [0.2, 0.25) is 0 Å². The maximum absolute atomic E-state index is 2.54. The van der Waals surface area contributed by atoms with Crippen LogP contribution in [0.15, 0.2) is 84.9 Å². The third-order valence-corrected chi connectivity index (χ3v) is 5.03. The van der Waals surface area contributed by atoms with Crippen molar-refractivity contribution >= 4 is 5.69 Å². The van der Waals surface area contributed by atoms with Gasteiger partial charge in [-0.3, -0.25) is 0 Å². The van der Waals surface area contributed by atoms with E-state index in [0.717, 1.165) is 13.1 Å². The Balaban J connectivity index is 1.65. The number of para-hydroxylation sites is 1. The second kappa shape index (κ2) is 6.92. The van der Waals surface area contributed by atoms with E-state index in [1.54, 1.807) is 0 Å². The Morgan fingerprint density at radius 1 is 0.708 bits per heavy atom. The van der Waals surface area contributed by atoms with Crippen molar-refractivity contribution in [1.82, 2.24) is 0 Å². The molecule has 0 amide bonds. The molecule has 0 saturated carbocycles. The van der Waals surface area contributed by atoms with Crippen LogP contribution in [-0.2, 0) is 0 Å². The van der Waals surface area contributed by atoms with E-state index in [1.807, 2.05) is 0 Å². The highest BCUT2D eigenvalue weighted by Gasteiger charge is 2.23. The van der Waals surface area contributed by atoms with Gasteiger partial charge in [0.15, 0.2) is 0 Å².